The summed E-state index contributed by atoms with van der Waals surface area (Å²) in [7, 11) is 1.37. The lowest BCUT2D eigenvalue weighted by Crippen LogP contribution is -2.22. The number of methoxy groups -OCH3 is 1. The lowest BCUT2D eigenvalue weighted by molar-refractivity contribution is -0.0512. The van der Waals surface area contributed by atoms with Crippen molar-refractivity contribution in [3.63, 3.8) is 0 Å². The van der Waals surface area contributed by atoms with Crippen LogP contribution in [0.15, 0.2) is 77.6 Å². The number of nitrogens with zero attached hydrogens (tertiary/aromatic N) is 2. The summed E-state index contributed by atoms with van der Waals surface area (Å²) < 4.78 is 36.2. The van der Waals surface area contributed by atoms with Crippen LogP contribution in [0.4, 0.5) is 8.78 Å². The van der Waals surface area contributed by atoms with Crippen LogP contribution in [0.1, 0.15) is 11.4 Å². The monoisotopic (exact) mass is 420 g/mol. The van der Waals surface area contributed by atoms with E-state index in [1.165, 1.54) is 17.7 Å². The van der Waals surface area contributed by atoms with Crippen LogP contribution in [-0.2, 0) is 0 Å². The zero-order valence-corrected chi connectivity index (χ0v) is 16.5. The fourth-order valence-corrected chi connectivity index (χ4v) is 3.24. The molecule has 0 fully saturated rings. The molecule has 0 aliphatic heterocycles. The number of para-hydroxylation sites is 2. The van der Waals surface area contributed by atoms with Gasteiger partial charge in [0.05, 0.1) is 23.7 Å². The molecule has 4 rings (SSSR count). The minimum atomic E-state index is -2.95. The number of aromatic nitrogens is 2. The Balaban J connectivity index is 1.81. The summed E-state index contributed by atoms with van der Waals surface area (Å²) in [4.78, 5) is 17.8. The molecule has 0 aliphatic rings. The van der Waals surface area contributed by atoms with Gasteiger partial charge in [-0.15, -0.1) is 0 Å². The molecule has 0 unspecified atom stereocenters. The quantitative estimate of drug-likeness (QED) is 0.432. The molecule has 5 nitrogen and oxygen atoms in total. The predicted molar refractivity (Wildman–Crippen MR) is 116 cm³/mol. The standard InChI is InChI=1S/C24H18F2N2O3/c1-30-21-15-16(11-13-20(21)31-24(25)26)12-14-22-27-19-10-6-5-9-18(19)23(29)28(22)17-7-3-2-4-8-17/h2-15,24H,1H3/b14-12+. The van der Waals surface area contributed by atoms with E-state index in [0.29, 0.717) is 28.0 Å². The molecule has 0 saturated carbocycles. The summed E-state index contributed by atoms with van der Waals surface area (Å²) in [5, 5.41) is 0.513. The van der Waals surface area contributed by atoms with Gasteiger partial charge in [0.15, 0.2) is 11.5 Å². The first-order valence-electron chi connectivity index (χ1n) is 9.45. The minimum Gasteiger partial charge on any atom is -0.493 e. The second-order valence-corrected chi connectivity index (χ2v) is 6.59. The van der Waals surface area contributed by atoms with Gasteiger partial charge < -0.3 is 9.47 Å². The van der Waals surface area contributed by atoms with Gasteiger partial charge in [0.25, 0.3) is 5.56 Å². The van der Waals surface area contributed by atoms with E-state index in [4.69, 9.17) is 4.74 Å². The number of alkyl halides is 2. The molecule has 7 heteroatoms. The average molecular weight is 420 g/mol. The van der Waals surface area contributed by atoms with Crippen molar-refractivity contribution in [1.82, 2.24) is 9.55 Å². The zero-order valence-electron chi connectivity index (χ0n) is 16.5. The first-order valence-corrected chi connectivity index (χ1v) is 9.45. The van der Waals surface area contributed by atoms with Gasteiger partial charge in [0.2, 0.25) is 0 Å². The second kappa shape index (κ2) is 8.79. The van der Waals surface area contributed by atoms with Crippen molar-refractivity contribution in [2.75, 3.05) is 7.11 Å². The van der Waals surface area contributed by atoms with Crippen molar-refractivity contribution in [3.05, 3.63) is 94.5 Å². The molecule has 0 spiro atoms. The number of benzene rings is 3. The topological polar surface area (TPSA) is 53.3 Å². The third-order valence-electron chi connectivity index (χ3n) is 4.64. The van der Waals surface area contributed by atoms with Crippen LogP contribution in [0.5, 0.6) is 11.5 Å². The summed E-state index contributed by atoms with van der Waals surface area (Å²) in [5.74, 6) is 0.552. The first kappa shape index (κ1) is 20.3. The van der Waals surface area contributed by atoms with Gasteiger partial charge in [-0.05, 0) is 48.0 Å². The Labute approximate surface area is 176 Å². The van der Waals surface area contributed by atoms with Gasteiger partial charge in [0.1, 0.15) is 5.82 Å². The Morgan fingerprint density at radius 2 is 1.68 bits per heavy atom. The van der Waals surface area contributed by atoms with Crippen molar-refractivity contribution in [2.45, 2.75) is 6.61 Å². The molecule has 0 atom stereocenters. The largest absolute Gasteiger partial charge is 0.493 e. The Morgan fingerprint density at radius 3 is 2.42 bits per heavy atom. The van der Waals surface area contributed by atoms with E-state index in [1.807, 2.05) is 36.4 Å². The third-order valence-corrected chi connectivity index (χ3v) is 4.64. The lowest BCUT2D eigenvalue weighted by Gasteiger charge is -2.12. The highest BCUT2D eigenvalue weighted by atomic mass is 19.3. The average Bonchev–Trinajstić information content (AvgIpc) is 2.78. The first-order chi connectivity index (χ1) is 15.1. The van der Waals surface area contributed by atoms with Crippen molar-refractivity contribution >= 4 is 23.1 Å². The number of hydrogen-bond donors (Lipinski definition) is 0. The van der Waals surface area contributed by atoms with Crippen LogP contribution in [0.25, 0.3) is 28.7 Å². The van der Waals surface area contributed by atoms with Gasteiger partial charge in [-0.25, -0.2) is 4.98 Å². The summed E-state index contributed by atoms with van der Waals surface area (Å²) >= 11 is 0. The molecule has 0 N–H and O–H groups in total. The van der Waals surface area contributed by atoms with Gasteiger partial charge in [0, 0.05) is 0 Å². The van der Waals surface area contributed by atoms with E-state index < -0.39 is 6.61 Å². The minimum absolute atomic E-state index is 0.0559. The molecule has 156 valence electrons. The summed E-state index contributed by atoms with van der Waals surface area (Å²) in [6.07, 6.45) is 3.42. The fourth-order valence-electron chi connectivity index (χ4n) is 3.24. The third kappa shape index (κ3) is 4.30. The van der Waals surface area contributed by atoms with Crippen LogP contribution >= 0.6 is 0 Å². The van der Waals surface area contributed by atoms with Crippen LogP contribution in [0, 0.1) is 0 Å². The lowest BCUT2D eigenvalue weighted by atomic mass is 10.1. The molecule has 31 heavy (non-hydrogen) atoms. The van der Waals surface area contributed by atoms with E-state index >= 15 is 0 Å². The maximum Gasteiger partial charge on any atom is 0.387 e. The SMILES string of the molecule is COc1cc(/C=C/c2nc3ccccc3c(=O)n2-c2ccccc2)ccc1OC(F)F. The number of hydrogen-bond acceptors (Lipinski definition) is 4. The van der Waals surface area contributed by atoms with Gasteiger partial charge >= 0.3 is 6.61 Å². The van der Waals surface area contributed by atoms with E-state index in [0.717, 1.165) is 0 Å². The summed E-state index contributed by atoms with van der Waals surface area (Å²) in [6, 6.07) is 20.9. The Bertz CT molecular complexity index is 1300. The number of rotatable bonds is 6. The molecule has 1 aromatic heterocycles. The van der Waals surface area contributed by atoms with Crippen molar-refractivity contribution < 1.29 is 18.3 Å². The van der Waals surface area contributed by atoms with Gasteiger partial charge in [-0.3, -0.25) is 9.36 Å². The van der Waals surface area contributed by atoms with E-state index in [9.17, 15) is 13.6 Å². The molecule has 0 amide bonds. The van der Waals surface area contributed by atoms with Crippen LogP contribution < -0.4 is 15.0 Å². The fraction of sp³-hybridized carbons (Fsp3) is 0.0833. The summed E-state index contributed by atoms with van der Waals surface area (Å²) in [5.41, 5.74) is 1.75. The van der Waals surface area contributed by atoms with E-state index in [1.54, 1.807) is 42.5 Å². The molecule has 4 aromatic rings. The normalized spacial score (nSPS) is 11.4. The smallest absolute Gasteiger partial charge is 0.387 e. The maximum atomic E-state index is 13.2. The highest BCUT2D eigenvalue weighted by Crippen LogP contribution is 2.30. The van der Waals surface area contributed by atoms with Crippen LogP contribution in [-0.4, -0.2) is 23.3 Å². The van der Waals surface area contributed by atoms with Crippen molar-refractivity contribution in [1.29, 1.82) is 0 Å². The molecule has 0 aliphatic carbocycles. The highest BCUT2D eigenvalue weighted by molar-refractivity contribution is 5.80. The summed E-state index contributed by atoms with van der Waals surface area (Å²) in [6.45, 7) is -2.95. The molecule has 0 bridgehead atoms. The number of ether oxygens (including phenoxy) is 2. The molecule has 0 radical (unpaired) electrons. The zero-order chi connectivity index (χ0) is 21.8. The molecular weight excluding hydrogens is 402 g/mol. The predicted octanol–water partition coefficient (Wildman–Crippen LogP) is 5.17. The Hall–Kier alpha value is -4.00. The Kier molecular flexibility index (Phi) is 5.75. The molecule has 3 aromatic carbocycles. The van der Waals surface area contributed by atoms with Crippen molar-refractivity contribution in [2.24, 2.45) is 0 Å². The van der Waals surface area contributed by atoms with Crippen LogP contribution in [0.3, 0.4) is 0 Å². The molecule has 0 saturated heterocycles. The number of fused-ring (bicyclic) bond motifs is 1. The van der Waals surface area contributed by atoms with Gasteiger partial charge in [-0.2, -0.15) is 8.78 Å². The maximum absolute atomic E-state index is 13.2. The van der Waals surface area contributed by atoms with Gasteiger partial charge in [-0.1, -0.05) is 42.5 Å². The number of halogens is 2. The van der Waals surface area contributed by atoms with Crippen molar-refractivity contribution in [3.8, 4) is 17.2 Å². The van der Waals surface area contributed by atoms with E-state index in [-0.39, 0.29) is 17.1 Å². The second-order valence-electron chi connectivity index (χ2n) is 6.59. The molecule has 1 heterocycles. The molecular formula is C24H18F2N2O3. The highest BCUT2D eigenvalue weighted by Gasteiger charge is 2.12. The van der Waals surface area contributed by atoms with E-state index in [2.05, 4.69) is 9.72 Å². The Morgan fingerprint density at radius 1 is 0.935 bits per heavy atom. The van der Waals surface area contributed by atoms with Crippen LogP contribution in [0.2, 0.25) is 0 Å².